The van der Waals surface area contributed by atoms with E-state index in [1.165, 1.54) is 0 Å². The zero-order valence-electron chi connectivity index (χ0n) is 11.4. The maximum Gasteiger partial charge on any atom is 0.0969 e. The van der Waals surface area contributed by atoms with Gasteiger partial charge >= 0.3 is 0 Å². The van der Waals surface area contributed by atoms with Gasteiger partial charge in [-0.2, -0.15) is 5.10 Å². The van der Waals surface area contributed by atoms with Crippen LogP contribution in [0.4, 0.5) is 0 Å². The molecule has 1 N–H and O–H groups in total. The summed E-state index contributed by atoms with van der Waals surface area (Å²) in [4.78, 5) is 0. The molecule has 0 saturated carbocycles. The van der Waals surface area contributed by atoms with Crippen molar-refractivity contribution in [2.24, 2.45) is 0 Å². The summed E-state index contributed by atoms with van der Waals surface area (Å²) in [5.41, 5.74) is 1.97. The first-order valence-electron chi connectivity index (χ1n) is 6.65. The van der Waals surface area contributed by atoms with Crippen molar-refractivity contribution < 1.29 is 14.6 Å². The van der Waals surface area contributed by atoms with Crippen molar-refractivity contribution in [3.05, 3.63) is 15.9 Å². The highest BCUT2D eigenvalue weighted by atomic mass is 79.9. The van der Waals surface area contributed by atoms with Crippen molar-refractivity contribution in [1.82, 2.24) is 9.78 Å². The number of halogens is 1. The Morgan fingerprint density at radius 2 is 2.16 bits per heavy atom. The smallest absolute Gasteiger partial charge is 0.0969 e. The van der Waals surface area contributed by atoms with Crippen molar-refractivity contribution in [3.8, 4) is 0 Å². The largest absolute Gasteiger partial charge is 0.389 e. The molecule has 1 fully saturated rings. The van der Waals surface area contributed by atoms with E-state index in [-0.39, 0.29) is 6.10 Å². The minimum Gasteiger partial charge on any atom is -0.389 e. The van der Waals surface area contributed by atoms with Gasteiger partial charge in [0.2, 0.25) is 0 Å². The third-order valence-corrected chi connectivity index (χ3v) is 4.52. The molecule has 19 heavy (non-hydrogen) atoms. The van der Waals surface area contributed by atoms with Gasteiger partial charge in [-0.1, -0.05) is 0 Å². The van der Waals surface area contributed by atoms with Gasteiger partial charge in [0.05, 0.1) is 35.5 Å². The zero-order valence-corrected chi connectivity index (χ0v) is 13.0. The molecule has 0 radical (unpaired) electrons. The summed E-state index contributed by atoms with van der Waals surface area (Å²) in [6.45, 7) is 6.24. The molecule has 1 aliphatic heterocycles. The van der Waals surface area contributed by atoms with E-state index in [4.69, 9.17) is 9.47 Å². The number of aromatic nitrogens is 2. The van der Waals surface area contributed by atoms with Crippen LogP contribution >= 0.6 is 15.9 Å². The van der Waals surface area contributed by atoms with Crippen molar-refractivity contribution in [1.29, 1.82) is 0 Å². The molecule has 0 bridgehead atoms. The number of ether oxygens (including phenoxy) is 2. The first-order chi connectivity index (χ1) is 9.08. The molecule has 5 nitrogen and oxygen atoms in total. The SMILES string of the molecule is Cc1nn(CC(O)COC2CCOCC2)c(C)c1Br. The summed E-state index contributed by atoms with van der Waals surface area (Å²) in [5.74, 6) is 0. The average molecular weight is 333 g/mol. The average Bonchev–Trinajstić information content (AvgIpc) is 2.65. The van der Waals surface area contributed by atoms with Gasteiger partial charge in [0.1, 0.15) is 0 Å². The minimum absolute atomic E-state index is 0.218. The minimum atomic E-state index is -0.534. The van der Waals surface area contributed by atoms with Crippen LogP contribution < -0.4 is 0 Å². The van der Waals surface area contributed by atoms with Crippen LogP contribution in [0.15, 0.2) is 4.47 Å². The summed E-state index contributed by atoms with van der Waals surface area (Å²) < 4.78 is 13.8. The third kappa shape index (κ3) is 4.02. The van der Waals surface area contributed by atoms with Gasteiger partial charge in [-0.05, 0) is 42.6 Å². The molecule has 0 amide bonds. The Bertz CT molecular complexity index is 416. The molecule has 1 atom stereocenters. The predicted molar refractivity (Wildman–Crippen MR) is 75.2 cm³/mol. The lowest BCUT2D eigenvalue weighted by Gasteiger charge is -2.23. The molecule has 1 unspecified atom stereocenters. The van der Waals surface area contributed by atoms with Crippen LogP contribution in [0.1, 0.15) is 24.2 Å². The Morgan fingerprint density at radius 3 is 2.74 bits per heavy atom. The zero-order chi connectivity index (χ0) is 13.8. The topological polar surface area (TPSA) is 56.5 Å². The molecule has 0 aliphatic carbocycles. The van der Waals surface area contributed by atoms with Gasteiger partial charge in [-0.25, -0.2) is 0 Å². The molecular weight excluding hydrogens is 312 g/mol. The third-order valence-electron chi connectivity index (χ3n) is 3.37. The maximum absolute atomic E-state index is 10.0. The summed E-state index contributed by atoms with van der Waals surface area (Å²) >= 11 is 3.48. The molecule has 6 heteroatoms. The molecule has 0 aromatic carbocycles. The first-order valence-corrected chi connectivity index (χ1v) is 7.44. The highest BCUT2D eigenvalue weighted by Crippen LogP contribution is 2.20. The van der Waals surface area contributed by atoms with Crippen LogP contribution in [0.25, 0.3) is 0 Å². The number of aliphatic hydroxyl groups excluding tert-OH is 1. The molecule has 0 spiro atoms. The number of aliphatic hydroxyl groups is 1. The second-order valence-corrected chi connectivity index (χ2v) is 5.76. The monoisotopic (exact) mass is 332 g/mol. The molecule has 1 aromatic heterocycles. The van der Waals surface area contributed by atoms with E-state index in [0.29, 0.717) is 13.2 Å². The second kappa shape index (κ2) is 6.83. The molecule has 1 saturated heterocycles. The van der Waals surface area contributed by atoms with Crippen LogP contribution in [-0.2, 0) is 16.0 Å². The maximum atomic E-state index is 10.0. The Hall–Kier alpha value is -0.430. The van der Waals surface area contributed by atoms with Crippen LogP contribution in [0.5, 0.6) is 0 Å². The second-order valence-electron chi connectivity index (χ2n) is 4.97. The van der Waals surface area contributed by atoms with E-state index in [9.17, 15) is 5.11 Å². The number of rotatable bonds is 5. The van der Waals surface area contributed by atoms with Gasteiger partial charge in [0.15, 0.2) is 0 Å². The van der Waals surface area contributed by atoms with Crippen molar-refractivity contribution in [2.75, 3.05) is 19.8 Å². The van der Waals surface area contributed by atoms with Crippen LogP contribution in [0.2, 0.25) is 0 Å². The molecular formula is C13H21BrN2O3. The quantitative estimate of drug-likeness (QED) is 0.893. The molecule has 1 aromatic rings. The van der Waals surface area contributed by atoms with Gasteiger partial charge in [-0.15, -0.1) is 0 Å². The summed E-state index contributed by atoms with van der Waals surface area (Å²) in [5, 5.41) is 14.4. The van der Waals surface area contributed by atoms with E-state index in [0.717, 1.165) is 41.9 Å². The van der Waals surface area contributed by atoms with Crippen molar-refractivity contribution >= 4 is 15.9 Å². The van der Waals surface area contributed by atoms with Gasteiger partial charge < -0.3 is 14.6 Å². The number of nitrogens with zero attached hydrogens (tertiary/aromatic N) is 2. The molecule has 2 heterocycles. The molecule has 2 rings (SSSR count). The Morgan fingerprint density at radius 1 is 1.47 bits per heavy atom. The number of hydrogen-bond donors (Lipinski definition) is 1. The van der Waals surface area contributed by atoms with Crippen LogP contribution in [-0.4, -0.2) is 46.9 Å². The van der Waals surface area contributed by atoms with E-state index >= 15 is 0 Å². The van der Waals surface area contributed by atoms with Crippen LogP contribution in [0.3, 0.4) is 0 Å². The van der Waals surface area contributed by atoms with Gasteiger partial charge in [-0.3, -0.25) is 4.68 Å². The normalized spacial score (nSPS) is 18.7. The fraction of sp³-hybridized carbons (Fsp3) is 0.769. The van der Waals surface area contributed by atoms with E-state index in [2.05, 4.69) is 21.0 Å². The van der Waals surface area contributed by atoms with E-state index in [1.54, 1.807) is 0 Å². The van der Waals surface area contributed by atoms with Crippen molar-refractivity contribution in [3.63, 3.8) is 0 Å². The first kappa shape index (κ1) is 15.0. The lowest BCUT2D eigenvalue weighted by atomic mass is 10.1. The number of hydrogen-bond acceptors (Lipinski definition) is 4. The Balaban J connectivity index is 1.80. The molecule has 1 aliphatic rings. The fourth-order valence-corrected chi connectivity index (χ4v) is 2.48. The standard InChI is InChI=1S/C13H21BrN2O3/c1-9-13(14)10(2)16(15-9)7-11(17)8-19-12-3-5-18-6-4-12/h11-12,17H,3-8H2,1-2H3. The molecule has 108 valence electrons. The Labute approximate surface area is 122 Å². The van der Waals surface area contributed by atoms with E-state index in [1.807, 2.05) is 18.5 Å². The van der Waals surface area contributed by atoms with E-state index < -0.39 is 6.10 Å². The van der Waals surface area contributed by atoms with Gasteiger partial charge in [0, 0.05) is 18.9 Å². The summed E-state index contributed by atoms with van der Waals surface area (Å²) in [7, 11) is 0. The summed E-state index contributed by atoms with van der Waals surface area (Å²) in [6, 6.07) is 0. The predicted octanol–water partition coefficient (Wildman–Crippen LogP) is 1.82. The summed E-state index contributed by atoms with van der Waals surface area (Å²) in [6.07, 6.45) is 1.51. The highest BCUT2D eigenvalue weighted by molar-refractivity contribution is 9.10. The highest BCUT2D eigenvalue weighted by Gasteiger charge is 2.17. The van der Waals surface area contributed by atoms with Crippen LogP contribution in [0, 0.1) is 13.8 Å². The lowest BCUT2D eigenvalue weighted by Crippen LogP contribution is -2.29. The lowest BCUT2D eigenvalue weighted by molar-refractivity contribution is -0.0623. The van der Waals surface area contributed by atoms with Crippen molar-refractivity contribution in [2.45, 2.75) is 45.4 Å². The fourth-order valence-electron chi connectivity index (χ4n) is 2.19. The number of aryl methyl sites for hydroxylation is 1. The Kier molecular flexibility index (Phi) is 5.38. The van der Waals surface area contributed by atoms with Gasteiger partial charge in [0.25, 0.3) is 0 Å².